The van der Waals surface area contributed by atoms with Crippen LogP contribution in [0.1, 0.15) is 22.3 Å². The second-order valence-corrected chi connectivity index (χ2v) is 7.46. The van der Waals surface area contributed by atoms with Gasteiger partial charge in [-0.1, -0.05) is 15.9 Å². The molecule has 1 fully saturated rings. The van der Waals surface area contributed by atoms with Gasteiger partial charge in [0.1, 0.15) is 0 Å². The van der Waals surface area contributed by atoms with Crippen LogP contribution in [0, 0.1) is 6.92 Å². The Morgan fingerprint density at radius 2 is 2.14 bits per heavy atom. The van der Waals surface area contributed by atoms with Crippen LogP contribution in [0.2, 0.25) is 0 Å². The number of hydrogen-bond donors (Lipinski definition) is 1. The lowest BCUT2D eigenvalue weighted by Gasteiger charge is -2.19. The first kappa shape index (κ1) is 16.4. The van der Waals surface area contributed by atoms with Crippen LogP contribution in [-0.2, 0) is 14.8 Å². The van der Waals surface area contributed by atoms with Crippen LogP contribution in [-0.4, -0.2) is 45.5 Å². The van der Waals surface area contributed by atoms with Gasteiger partial charge in [0.25, 0.3) is 5.91 Å². The van der Waals surface area contributed by atoms with E-state index in [2.05, 4.69) is 15.9 Å². The van der Waals surface area contributed by atoms with Gasteiger partial charge in [0, 0.05) is 30.2 Å². The monoisotopic (exact) mass is 376 g/mol. The molecular weight excluding hydrogens is 360 g/mol. The summed E-state index contributed by atoms with van der Waals surface area (Å²) in [5.41, 5.74) is 0.705. The van der Waals surface area contributed by atoms with E-state index in [4.69, 9.17) is 9.88 Å². The first-order chi connectivity index (χ1) is 9.74. The molecule has 0 aromatic heterocycles. The number of carbonyl (C=O) groups is 1. The molecule has 1 aromatic carbocycles. The lowest BCUT2D eigenvalue weighted by Crippen LogP contribution is -2.31. The lowest BCUT2D eigenvalue weighted by atomic mass is 10.1. The molecule has 0 spiro atoms. The number of nitrogens with two attached hydrogens (primary N) is 1. The molecule has 0 saturated carbocycles. The largest absolute Gasteiger partial charge is 0.380 e. The Hall–Kier alpha value is -0.960. The van der Waals surface area contributed by atoms with E-state index in [0.717, 1.165) is 6.42 Å². The second-order valence-electron chi connectivity index (χ2n) is 5.02. The van der Waals surface area contributed by atoms with E-state index in [0.29, 0.717) is 28.7 Å². The lowest BCUT2D eigenvalue weighted by molar-refractivity contribution is 0.0723. The fourth-order valence-electron chi connectivity index (χ4n) is 2.45. The van der Waals surface area contributed by atoms with E-state index in [-0.39, 0.29) is 16.9 Å². The number of rotatable bonds is 3. The number of hydrogen-bond acceptors (Lipinski definition) is 4. The minimum absolute atomic E-state index is 0.0270. The highest BCUT2D eigenvalue weighted by molar-refractivity contribution is 9.10. The highest BCUT2D eigenvalue weighted by Crippen LogP contribution is 2.26. The van der Waals surface area contributed by atoms with E-state index in [1.807, 2.05) is 0 Å². The summed E-state index contributed by atoms with van der Waals surface area (Å²) in [5, 5.41) is 5.20. The fourth-order valence-corrected chi connectivity index (χ4v) is 3.88. The van der Waals surface area contributed by atoms with Gasteiger partial charge in [-0.05, 0) is 31.0 Å². The summed E-state index contributed by atoms with van der Waals surface area (Å²) < 4.78 is 29.0. The highest BCUT2D eigenvalue weighted by atomic mass is 79.9. The van der Waals surface area contributed by atoms with Crippen molar-refractivity contribution in [3.8, 4) is 0 Å². The second kappa shape index (κ2) is 6.04. The molecule has 1 heterocycles. The predicted molar refractivity (Wildman–Crippen MR) is 81.6 cm³/mol. The quantitative estimate of drug-likeness (QED) is 0.859. The number of likely N-dealkylation sites (tertiary alicyclic amines) is 1. The van der Waals surface area contributed by atoms with Gasteiger partial charge in [-0.15, -0.1) is 0 Å². The van der Waals surface area contributed by atoms with E-state index >= 15 is 0 Å². The summed E-state index contributed by atoms with van der Waals surface area (Å²) in [5.74, 6) is -0.210. The van der Waals surface area contributed by atoms with Gasteiger partial charge in [-0.25, -0.2) is 13.6 Å². The third-order valence-electron chi connectivity index (χ3n) is 3.63. The summed E-state index contributed by atoms with van der Waals surface area (Å²) in [6.07, 6.45) is 0.802. The molecule has 1 atom stereocenters. The first-order valence-electron chi connectivity index (χ1n) is 6.39. The molecule has 1 aromatic rings. The van der Waals surface area contributed by atoms with Gasteiger partial charge >= 0.3 is 0 Å². The van der Waals surface area contributed by atoms with Crippen LogP contribution in [0.4, 0.5) is 0 Å². The molecule has 1 aliphatic rings. The SMILES string of the molecule is COC1CCN(C(=O)c2cc(Br)cc(S(N)(=O)=O)c2C)C1. The first-order valence-corrected chi connectivity index (χ1v) is 8.73. The summed E-state index contributed by atoms with van der Waals surface area (Å²) in [6.45, 7) is 2.68. The van der Waals surface area contributed by atoms with E-state index in [1.165, 1.54) is 6.07 Å². The van der Waals surface area contributed by atoms with Gasteiger partial charge in [-0.2, -0.15) is 0 Å². The van der Waals surface area contributed by atoms with Crippen molar-refractivity contribution in [1.82, 2.24) is 4.90 Å². The number of amides is 1. The van der Waals surface area contributed by atoms with Gasteiger partial charge in [-0.3, -0.25) is 4.79 Å². The van der Waals surface area contributed by atoms with E-state index in [1.54, 1.807) is 25.0 Å². The van der Waals surface area contributed by atoms with Gasteiger partial charge in [0.2, 0.25) is 10.0 Å². The topological polar surface area (TPSA) is 89.7 Å². The molecule has 1 unspecified atom stereocenters. The molecule has 116 valence electrons. The minimum atomic E-state index is -3.88. The molecule has 0 bridgehead atoms. The Morgan fingerprint density at radius 3 is 2.67 bits per heavy atom. The van der Waals surface area contributed by atoms with Crippen molar-refractivity contribution in [2.75, 3.05) is 20.2 Å². The molecular formula is C13H17BrN2O4S. The Labute approximate surface area is 132 Å². The Balaban J connectivity index is 2.41. The normalized spacial score (nSPS) is 19.0. The number of halogens is 1. The number of nitrogens with zero attached hydrogens (tertiary/aromatic N) is 1. The minimum Gasteiger partial charge on any atom is -0.380 e. The summed E-state index contributed by atoms with van der Waals surface area (Å²) in [6, 6.07) is 3.02. The third kappa shape index (κ3) is 3.45. The average molecular weight is 377 g/mol. The average Bonchev–Trinajstić information content (AvgIpc) is 2.87. The molecule has 2 rings (SSSR count). The van der Waals surface area contributed by atoms with Crippen molar-refractivity contribution in [1.29, 1.82) is 0 Å². The van der Waals surface area contributed by atoms with Crippen molar-refractivity contribution < 1.29 is 17.9 Å². The molecule has 0 aliphatic carbocycles. The molecule has 2 N–H and O–H groups in total. The molecule has 1 amide bonds. The van der Waals surface area contributed by atoms with E-state index in [9.17, 15) is 13.2 Å². The maximum absolute atomic E-state index is 12.6. The van der Waals surface area contributed by atoms with Crippen LogP contribution >= 0.6 is 15.9 Å². The zero-order chi connectivity index (χ0) is 15.8. The summed E-state index contributed by atoms with van der Waals surface area (Å²) >= 11 is 3.23. The van der Waals surface area contributed by atoms with Crippen LogP contribution in [0.3, 0.4) is 0 Å². The molecule has 1 aliphatic heterocycles. The zero-order valence-electron chi connectivity index (χ0n) is 11.8. The van der Waals surface area contributed by atoms with Crippen molar-refractivity contribution in [2.24, 2.45) is 5.14 Å². The molecule has 0 radical (unpaired) electrons. The summed E-state index contributed by atoms with van der Waals surface area (Å²) in [4.78, 5) is 14.2. The van der Waals surface area contributed by atoms with Gasteiger partial charge in [0.05, 0.1) is 11.0 Å². The van der Waals surface area contributed by atoms with Crippen molar-refractivity contribution in [3.05, 3.63) is 27.7 Å². The van der Waals surface area contributed by atoms with Crippen LogP contribution in [0.25, 0.3) is 0 Å². The Kier molecular flexibility index (Phi) is 4.72. The van der Waals surface area contributed by atoms with Crippen molar-refractivity contribution >= 4 is 31.9 Å². The molecule has 21 heavy (non-hydrogen) atoms. The highest BCUT2D eigenvalue weighted by Gasteiger charge is 2.29. The smallest absolute Gasteiger partial charge is 0.254 e. The summed E-state index contributed by atoms with van der Waals surface area (Å²) in [7, 11) is -2.26. The number of sulfonamides is 1. The molecule has 6 nitrogen and oxygen atoms in total. The van der Waals surface area contributed by atoms with Crippen molar-refractivity contribution in [2.45, 2.75) is 24.3 Å². The maximum atomic E-state index is 12.6. The third-order valence-corrected chi connectivity index (χ3v) is 5.12. The zero-order valence-corrected chi connectivity index (χ0v) is 14.2. The van der Waals surface area contributed by atoms with Gasteiger partial charge < -0.3 is 9.64 Å². The number of carbonyl (C=O) groups excluding carboxylic acids is 1. The fraction of sp³-hybridized carbons (Fsp3) is 0.462. The van der Waals surface area contributed by atoms with Crippen LogP contribution in [0.15, 0.2) is 21.5 Å². The van der Waals surface area contributed by atoms with Gasteiger partial charge in [0.15, 0.2) is 0 Å². The predicted octanol–water partition coefficient (Wildman–Crippen LogP) is 1.27. The molecule has 1 saturated heterocycles. The number of methoxy groups -OCH3 is 1. The Morgan fingerprint density at radius 1 is 1.48 bits per heavy atom. The number of ether oxygens (including phenoxy) is 1. The molecule has 8 heteroatoms. The van der Waals surface area contributed by atoms with E-state index < -0.39 is 10.0 Å². The van der Waals surface area contributed by atoms with Crippen LogP contribution < -0.4 is 5.14 Å². The Bertz CT molecular complexity index is 675. The number of benzene rings is 1. The maximum Gasteiger partial charge on any atom is 0.254 e. The number of primary sulfonamides is 1. The van der Waals surface area contributed by atoms with Crippen LogP contribution in [0.5, 0.6) is 0 Å². The standard InChI is InChI=1S/C13H17BrN2O4S/c1-8-11(5-9(14)6-12(8)21(15,18)19)13(17)16-4-3-10(7-16)20-2/h5-6,10H,3-4,7H2,1-2H3,(H2,15,18,19). The van der Waals surface area contributed by atoms with Crippen molar-refractivity contribution in [3.63, 3.8) is 0 Å².